The molecule has 0 aliphatic heterocycles. The molecule has 0 atom stereocenters. The second-order valence-electron chi connectivity index (χ2n) is 3.04. The summed E-state index contributed by atoms with van der Waals surface area (Å²) >= 11 is 3.10. The predicted octanol–water partition coefficient (Wildman–Crippen LogP) is 3.18. The van der Waals surface area contributed by atoms with E-state index in [2.05, 4.69) is 25.4 Å². The van der Waals surface area contributed by atoms with Crippen molar-refractivity contribution in [2.24, 2.45) is 0 Å². The van der Waals surface area contributed by atoms with Crippen LogP contribution >= 0.6 is 15.9 Å². The maximum atomic E-state index is 12.0. The summed E-state index contributed by atoms with van der Waals surface area (Å²) in [7, 11) is 1.14. The van der Waals surface area contributed by atoms with Gasteiger partial charge >= 0.3 is 12.1 Å². The van der Waals surface area contributed by atoms with Crippen LogP contribution in [0.2, 0.25) is 0 Å². The van der Waals surface area contributed by atoms with E-state index in [1.165, 1.54) is 18.2 Å². The Morgan fingerprint density at radius 2 is 2.06 bits per heavy atom. The molecule has 0 saturated heterocycles. The van der Waals surface area contributed by atoms with E-state index in [0.717, 1.165) is 7.11 Å². The van der Waals surface area contributed by atoms with Crippen LogP contribution in [0.3, 0.4) is 0 Å². The largest absolute Gasteiger partial charge is 0.483 e. The number of alkyl halides is 3. The van der Waals surface area contributed by atoms with Gasteiger partial charge in [0.2, 0.25) is 0 Å². The van der Waals surface area contributed by atoms with Crippen LogP contribution in [-0.2, 0) is 4.74 Å². The van der Waals surface area contributed by atoms with Crippen LogP contribution in [0.1, 0.15) is 10.4 Å². The van der Waals surface area contributed by atoms with Crippen LogP contribution in [-0.4, -0.2) is 25.9 Å². The fourth-order valence-corrected chi connectivity index (χ4v) is 1.42. The van der Waals surface area contributed by atoms with Crippen LogP contribution in [0, 0.1) is 0 Å². The molecule has 0 aliphatic carbocycles. The quantitative estimate of drug-likeness (QED) is 0.804. The summed E-state index contributed by atoms with van der Waals surface area (Å²) in [6, 6.07) is 4.07. The zero-order chi connectivity index (χ0) is 13.1. The normalized spacial score (nSPS) is 11.1. The van der Waals surface area contributed by atoms with Gasteiger partial charge in [-0.25, -0.2) is 4.79 Å². The number of methoxy groups -OCH3 is 1. The molecule has 0 radical (unpaired) electrons. The van der Waals surface area contributed by atoms with E-state index >= 15 is 0 Å². The van der Waals surface area contributed by atoms with Gasteiger partial charge in [-0.1, -0.05) is 15.9 Å². The lowest BCUT2D eigenvalue weighted by atomic mass is 10.2. The maximum absolute atomic E-state index is 12.0. The minimum Gasteiger partial charge on any atom is -0.483 e. The Labute approximate surface area is 104 Å². The molecule has 0 amide bonds. The maximum Gasteiger partial charge on any atom is 0.422 e. The van der Waals surface area contributed by atoms with Crippen molar-refractivity contribution in [2.75, 3.05) is 13.7 Å². The molecular formula is C10H8BrF3O3. The van der Waals surface area contributed by atoms with Gasteiger partial charge in [-0.15, -0.1) is 0 Å². The fraction of sp³-hybridized carbons (Fsp3) is 0.300. The summed E-state index contributed by atoms with van der Waals surface area (Å²) in [5.74, 6) is -0.930. The molecule has 0 saturated carbocycles. The lowest BCUT2D eigenvalue weighted by molar-refractivity contribution is -0.153. The van der Waals surface area contributed by atoms with Crippen LogP contribution in [0.15, 0.2) is 22.7 Å². The number of hydrogen-bond acceptors (Lipinski definition) is 3. The molecule has 17 heavy (non-hydrogen) atoms. The van der Waals surface area contributed by atoms with Crippen molar-refractivity contribution in [1.82, 2.24) is 0 Å². The average Bonchev–Trinajstić information content (AvgIpc) is 2.25. The molecule has 7 heteroatoms. The summed E-state index contributed by atoms with van der Waals surface area (Å²) in [5.41, 5.74) is -0.0638. The van der Waals surface area contributed by atoms with Crippen molar-refractivity contribution < 1.29 is 27.4 Å². The van der Waals surface area contributed by atoms with Crippen molar-refractivity contribution in [3.63, 3.8) is 0 Å². The second kappa shape index (κ2) is 5.39. The Kier molecular flexibility index (Phi) is 4.39. The summed E-state index contributed by atoms with van der Waals surface area (Å²) in [6.45, 7) is -1.46. The number of rotatable bonds is 3. The molecule has 0 heterocycles. The van der Waals surface area contributed by atoms with Crippen molar-refractivity contribution in [3.05, 3.63) is 28.2 Å². The van der Waals surface area contributed by atoms with Crippen molar-refractivity contribution in [3.8, 4) is 5.75 Å². The molecule has 0 unspecified atom stereocenters. The van der Waals surface area contributed by atoms with E-state index in [-0.39, 0.29) is 11.3 Å². The first-order valence-electron chi connectivity index (χ1n) is 4.41. The standard InChI is InChI=1S/C10H8BrF3O3/c1-16-9(15)7-4-6(11)2-3-8(7)17-5-10(12,13)14/h2-4H,5H2,1H3. The number of halogens is 4. The van der Waals surface area contributed by atoms with Crippen LogP contribution in [0.5, 0.6) is 5.75 Å². The Hall–Kier alpha value is -1.24. The third-order valence-corrected chi connectivity index (χ3v) is 2.23. The molecule has 0 spiro atoms. The highest BCUT2D eigenvalue weighted by atomic mass is 79.9. The minimum atomic E-state index is -4.46. The Balaban J connectivity index is 2.94. The van der Waals surface area contributed by atoms with Gasteiger partial charge in [0.25, 0.3) is 0 Å². The smallest absolute Gasteiger partial charge is 0.422 e. The first-order chi connectivity index (χ1) is 7.83. The zero-order valence-corrected chi connectivity index (χ0v) is 10.3. The lowest BCUT2D eigenvalue weighted by Gasteiger charge is -2.12. The molecular weight excluding hydrogens is 305 g/mol. The van der Waals surface area contributed by atoms with Gasteiger partial charge in [0.05, 0.1) is 7.11 Å². The number of esters is 1. The zero-order valence-electron chi connectivity index (χ0n) is 8.68. The van der Waals surface area contributed by atoms with Gasteiger partial charge in [0.15, 0.2) is 6.61 Å². The molecule has 0 fully saturated rings. The molecule has 3 nitrogen and oxygen atoms in total. The van der Waals surface area contributed by atoms with Gasteiger partial charge in [-0.2, -0.15) is 13.2 Å². The van der Waals surface area contributed by atoms with E-state index in [4.69, 9.17) is 0 Å². The number of carbonyl (C=O) groups is 1. The van der Waals surface area contributed by atoms with Gasteiger partial charge in [0.1, 0.15) is 11.3 Å². The summed E-state index contributed by atoms with van der Waals surface area (Å²) < 4.78 is 45.5. The van der Waals surface area contributed by atoms with E-state index in [1.807, 2.05) is 0 Å². The molecule has 0 N–H and O–H groups in total. The molecule has 1 aromatic rings. The summed E-state index contributed by atoms with van der Waals surface area (Å²) in [6.07, 6.45) is -4.46. The average molecular weight is 313 g/mol. The number of ether oxygens (including phenoxy) is 2. The molecule has 0 aromatic heterocycles. The Morgan fingerprint density at radius 1 is 1.41 bits per heavy atom. The van der Waals surface area contributed by atoms with Crippen molar-refractivity contribution in [1.29, 1.82) is 0 Å². The van der Waals surface area contributed by atoms with E-state index in [9.17, 15) is 18.0 Å². The monoisotopic (exact) mass is 312 g/mol. The van der Waals surface area contributed by atoms with Crippen molar-refractivity contribution in [2.45, 2.75) is 6.18 Å². The molecule has 0 aliphatic rings. The Morgan fingerprint density at radius 3 is 2.59 bits per heavy atom. The van der Waals surface area contributed by atoms with Gasteiger partial charge < -0.3 is 9.47 Å². The summed E-state index contributed by atoms with van der Waals surface area (Å²) in [4.78, 5) is 11.3. The SMILES string of the molecule is COC(=O)c1cc(Br)ccc1OCC(F)(F)F. The highest BCUT2D eigenvalue weighted by molar-refractivity contribution is 9.10. The van der Waals surface area contributed by atoms with Crippen LogP contribution < -0.4 is 4.74 Å². The molecule has 94 valence electrons. The molecule has 0 bridgehead atoms. The molecule has 1 rings (SSSR count). The molecule has 1 aromatic carbocycles. The Bertz CT molecular complexity index is 418. The third-order valence-electron chi connectivity index (χ3n) is 1.74. The number of carbonyl (C=O) groups excluding carboxylic acids is 1. The van der Waals surface area contributed by atoms with Gasteiger partial charge in [0, 0.05) is 4.47 Å². The highest BCUT2D eigenvalue weighted by Crippen LogP contribution is 2.26. The van der Waals surface area contributed by atoms with E-state index in [1.54, 1.807) is 0 Å². The predicted molar refractivity (Wildman–Crippen MR) is 57.0 cm³/mol. The third kappa shape index (κ3) is 4.26. The highest BCUT2D eigenvalue weighted by Gasteiger charge is 2.29. The van der Waals surface area contributed by atoms with Crippen LogP contribution in [0.4, 0.5) is 13.2 Å². The van der Waals surface area contributed by atoms with Crippen molar-refractivity contribution >= 4 is 21.9 Å². The van der Waals surface area contributed by atoms with Crippen LogP contribution in [0.25, 0.3) is 0 Å². The summed E-state index contributed by atoms with van der Waals surface area (Å²) in [5, 5.41) is 0. The topological polar surface area (TPSA) is 35.5 Å². The van der Waals surface area contributed by atoms with E-state index < -0.39 is 18.8 Å². The van der Waals surface area contributed by atoms with Gasteiger partial charge in [-0.3, -0.25) is 0 Å². The first kappa shape index (κ1) is 13.8. The number of benzene rings is 1. The minimum absolute atomic E-state index is 0.0638. The number of hydrogen-bond donors (Lipinski definition) is 0. The fourth-order valence-electron chi connectivity index (χ4n) is 1.06. The second-order valence-corrected chi connectivity index (χ2v) is 3.95. The first-order valence-corrected chi connectivity index (χ1v) is 5.20. The van der Waals surface area contributed by atoms with E-state index in [0.29, 0.717) is 4.47 Å². The van der Waals surface area contributed by atoms with Gasteiger partial charge in [-0.05, 0) is 18.2 Å². The lowest BCUT2D eigenvalue weighted by Crippen LogP contribution is -2.20.